The summed E-state index contributed by atoms with van der Waals surface area (Å²) in [7, 11) is 1.38. The topological polar surface area (TPSA) is 82.3 Å². The zero-order chi connectivity index (χ0) is 17.7. The van der Waals surface area contributed by atoms with Crippen LogP contribution in [0, 0.1) is 18.3 Å². The number of carbonyl (C=O) groups excluding carboxylic acids is 1. The highest BCUT2D eigenvalue weighted by molar-refractivity contribution is 6.31. The quantitative estimate of drug-likeness (QED) is 0.652. The van der Waals surface area contributed by atoms with Crippen LogP contribution in [0.15, 0.2) is 42.0 Å². The van der Waals surface area contributed by atoms with Crippen molar-refractivity contribution in [2.45, 2.75) is 6.92 Å². The fourth-order valence-corrected chi connectivity index (χ4v) is 2.22. The van der Waals surface area contributed by atoms with E-state index >= 15 is 0 Å². The van der Waals surface area contributed by atoms with Gasteiger partial charge in [0.15, 0.2) is 11.5 Å². The van der Waals surface area contributed by atoms with Gasteiger partial charge in [-0.05, 0) is 31.2 Å². The van der Waals surface area contributed by atoms with Crippen LogP contribution in [-0.2, 0) is 4.79 Å². The molecule has 0 saturated heterocycles. The number of anilines is 1. The lowest BCUT2D eigenvalue weighted by Gasteiger charge is -2.08. The highest BCUT2D eigenvalue weighted by Gasteiger charge is 2.13. The molecule has 1 amide bonds. The minimum absolute atomic E-state index is 0.157. The maximum Gasteiger partial charge on any atom is 0.266 e. The van der Waals surface area contributed by atoms with Gasteiger partial charge in [-0.15, -0.1) is 0 Å². The van der Waals surface area contributed by atoms with Gasteiger partial charge in [-0.3, -0.25) is 4.79 Å². The zero-order valence-electron chi connectivity index (χ0n) is 13.1. The van der Waals surface area contributed by atoms with E-state index in [1.165, 1.54) is 25.3 Å². The molecule has 0 heterocycles. The maximum absolute atomic E-state index is 12.2. The van der Waals surface area contributed by atoms with Crippen LogP contribution in [0.1, 0.15) is 11.1 Å². The first kappa shape index (κ1) is 17.4. The number of nitrogens with one attached hydrogen (secondary N) is 1. The van der Waals surface area contributed by atoms with Crippen LogP contribution in [0.2, 0.25) is 5.02 Å². The van der Waals surface area contributed by atoms with Gasteiger partial charge in [0, 0.05) is 22.3 Å². The van der Waals surface area contributed by atoms with E-state index in [1.54, 1.807) is 12.1 Å². The molecular formula is C18H15ClN2O3. The van der Waals surface area contributed by atoms with Crippen LogP contribution in [-0.4, -0.2) is 18.1 Å². The molecule has 0 aliphatic rings. The Morgan fingerprint density at radius 3 is 2.58 bits per heavy atom. The van der Waals surface area contributed by atoms with E-state index in [2.05, 4.69) is 5.32 Å². The molecule has 0 spiro atoms. The van der Waals surface area contributed by atoms with Crippen LogP contribution in [0.5, 0.6) is 11.5 Å². The zero-order valence-corrected chi connectivity index (χ0v) is 13.9. The highest BCUT2D eigenvalue weighted by atomic mass is 35.5. The highest BCUT2D eigenvalue weighted by Crippen LogP contribution is 2.34. The van der Waals surface area contributed by atoms with Crippen molar-refractivity contribution >= 4 is 29.3 Å². The Morgan fingerprint density at radius 2 is 2.00 bits per heavy atom. The summed E-state index contributed by atoms with van der Waals surface area (Å²) in [5, 5.41) is 22.3. The number of methoxy groups -OCH3 is 1. The lowest BCUT2D eigenvalue weighted by molar-refractivity contribution is -0.112. The van der Waals surface area contributed by atoms with E-state index in [0.717, 1.165) is 5.56 Å². The second-order valence-corrected chi connectivity index (χ2v) is 5.47. The summed E-state index contributed by atoms with van der Waals surface area (Å²) in [4.78, 5) is 12.2. The molecule has 0 fully saturated rings. The number of hydrogen-bond donors (Lipinski definition) is 2. The van der Waals surface area contributed by atoms with Gasteiger partial charge in [0.1, 0.15) is 11.6 Å². The molecule has 2 N–H and O–H groups in total. The van der Waals surface area contributed by atoms with Crippen LogP contribution in [0.25, 0.3) is 6.08 Å². The number of aromatic hydroxyl groups is 1. The molecule has 0 aromatic heterocycles. The molecular weight excluding hydrogens is 328 g/mol. The van der Waals surface area contributed by atoms with Gasteiger partial charge in [-0.1, -0.05) is 29.3 Å². The number of nitriles is 1. The fraction of sp³-hybridized carbons (Fsp3) is 0.111. The molecule has 122 valence electrons. The predicted octanol–water partition coefficient (Wildman–Crippen LogP) is 3.91. The van der Waals surface area contributed by atoms with E-state index in [4.69, 9.17) is 16.3 Å². The van der Waals surface area contributed by atoms with Gasteiger partial charge in [-0.25, -0.2) is 0 Å². The van der Waals surface area contributed by atoms with Gasteiger partial charge < -0.3 is 15.2 Å². The Balaban J connectivity index is 2.32. The monoisotopic (exact) mass is 342 g/mol. The van der Waals surface area contributed by atoms with Crippen molar-refractivity contribution in [1.29, 1.82) is 5.26 Å². The molecule has 0 unspecified atom stereocenters. The van der Waals surface area contributed by atoms with E-state index in [0.29, 0.717) is 10.7 Å². The van der Waals surface area contributed by atoms with Gasteiger partial charge >= 0.3 is 0 Å². The number of carbonyl (C=O) groups is 1. The number of hydrogen-bond acceptors (Lipinski definition) is 4. The Kier molecular flexibility index (Phi) is 5.46. The van der Waals surface area contributed by atoms with Crippen LogP contribution in [0.3, 0.4) is 0 Å². The summed E-state index contributed by atoms with van der Waals surface area (Å²) in [5.41, 5.74) is 1.67. The van der Waals surface area contributed by atoms with Crippen LogP contribution in [0.4, 0.5) is 5.69 Å². The lowest BCUT2D eigenvalue weighted by Crippen LogP contribution is -2.13. The molecule has 0 radical (unpaired) electrons. The fourth-order valence-electron chi connectivity index (χ4n) is 2.00. The lowest BCUT2D eigenvalue weighted by atomic mass is 10.1. The standard InChI is InChI=1S/C18H15ClN2O3/c1-11-3-5-15(6-4-11)21-18(23)13(10-20)7-12-8-14(19)9-16(24-2)17(12)22/h3-9,22H,1-2H3,(H,21,23)/b13-7-. The number of nitrogens with zero attached hydrogens (tertiary/aromatic N) is 1. The Labute approximate surface area is 144 Å². The summed E-state index contributed by atoms with van der Waals surface area (Å²) in [6.07, 6.45) is 1.26. The van der Waals surface area contributed by atoms with Gasteiger partial charge in [0.05, 0.1) is 7.11 Å². The second kappa shape index (κ2) is 7.53. The van der Waals surface area contributed by atoms with Crippen molar-refractivity contribution < 1.29 is 14.6 Å². The Bertz CT molecular complexity index is 837. The molecule has 0 saturated carbocycles. The van der Waals surface area contributed by atoms with Crippen molar-refractivity contribution in [1.82, 2.24) is 0 Å². The molecule has 2 aromatic rings. The number of amides is 1. The van der Waals surface area contributed by atoms with Gasteiger partial charge in [-0.2, -0.15) is 5.26 Å². The molecule has 0 aliphatic carbocycles. The Hall–Kier alpha value is -2.97. The summed E-state index contributed by atoms with van der Waals surface area (Å²) in [6.45, 7) is 1.93. The van der Waals surface area contributed by atoms with Gasteiger partial charge in [0.25, 0.3) is 5.91 Å². The van der Waals surface area contributed by atoms with E-state index < -0.39 is 5.91 Å². The first-order chi connectivity index (χ1) is 11.4. The average molecular weight is 343 g/mol. The van der Waals surface area contributed by atoms with Gasteiger partial charge in [0.2, 0.25) is 0 Å². The number of rotatable bonds is 4. The average Bonchev–Trinajstić information content (AvgIpc) is 2.57. The minimum atomic E-state index is -0.584. The van der Waals surface area contributed by atoms with Crippen LogP contribution >= 0.6 is 11.6 Å². The number of aryl methyl sites for hydroxylation is 1. The number of phenolic OH excluding ortho intramolecular Hbond substituents is 1. The van der Waals surface area contributed by atoms with E-state index in [9.17, 15) is 15.2 Å². The molecule has 0 atom stereocenters. The molecule has 2 rings (SSSR count). The second-order valence-electron chi connectivity index (χ2n) is 5.04. The Morgan fingerprint density at radius 1 is 1.33 bits per heavy atom. The minimum Gasteiger partial charge on any atom is -0.504 e. The number of halogens is 1. The normalized spacial score (nSPS) is 10.8. The SMILES string of the molecule is COc1cc(Cl)cc(/C=C(/C#N)C(=O)Nc2ccc(C)cc2)c1O. The summed E-state index contributed by atoms with van der Waals surface area (Å²) >= 11 is 5.95. The number of ether oxygens (including phenoxy) is 1. The third-order valence-corrected chi connectivity index (χ3v) is 3.48. The first-order valence-corrected chi connectivity index (χ1v) is 7.38. The molecule has 24 heavy (non-hydrogen) atoms. The van der Waals surface area contributed by atoms with Crippen molar-refractivity contribution in [2.24, 2.45) is 0 Å². The number of benzene rings is 2. The van der Waals surface area contributed by atoms with E-state index in [1.807, 2.05) is 25.1 Å². The predicted molar refractivity (Wildman–Crippen MR) is 93.1 cm³/mol. The largest absolute Gasteiger partial charge is 0.504 e. The summed E-state index contributed by atoms with van der Waals surface area (Å²) in [5.74, 6) is -0.623. The summed E-state index contributed by atoms with van der Waals surface area (Å²) < 4.78 is 5.00. The molecule has 0 bridgehead atoms. The molecule has 2 aromatic carbocycles. The molecule has 6 heteroatoms. The first-order valence-electron chi connectivity index (χ1n) is 7.01. The third-order valence-electron chi connectivity index (χ3n) is 3.26. The third kappa shape index (κ3) is 4.06. The van der Waals surface area contributed by atoms with Crippen LogP contribution < -0.4 is 10.1 Å². The van der Waals surface area contributed by atoms with E-state index in [-0.39, 0.29) is 22.6 Å². The van der Waals surface area contributed by atoms with Crippen molar-refractivity contribution in [3.63, 3.8) is 0 Å². The molecule has 5 nitrogen and oxygen atoms in total. The summed E-state index contributed by atoms with van der Waals surface area (Å²) in [6, 6.07) is 11.9. The number of phenols is 1. The van der Waals surface area contributed by atoms with Crippen molar-refractivity contribution in [2.75, 3.05) is 12.4 Å². The maximum atomic E-state index is 12.2. The van der Waals surface area contributed by atoms with Crippen molar-refractivity contribution in [3.05, 3.63) is 58.1 Å². The molecule has 0 aliphatic heterocycles. The smallest absolute Gasteiger partial charge is 0.266 e. The van der Waals surface area contributed by atoms with Crippen molar-refractivity contribution in [3.8, 4) is 17.6 Å².